The lowest BCUT2D eigenvalue weighted by Gasteiger charge is -2.22. The number of carbonyl (C=O) groups excluding carboxylic acids is 1. The molecule has 0 bridgehead atoms. The van der Waals surface area contributed by atoms with E-state index >= 15 is 0 Å². The number of para-hydroxylation sites is 1. The predicted octanol–water partition coefficient (Wildman–Crippen LogP) is 4.12. The molecule has 1 aliphatic heterocycles. The highest BCUT2D eigenvalue weighted by atomic mass is 19.3. The van der Waals surface area contributed by atoms with Crippen molar-refractivity contribution in [2.24, 2.45) is 0 Å². The maximum absolute atomic E-state index is 12.6. The zero-order valence-corrected chi connectivity index (χ0v) is 15.4. The Kier molecular flexibility index (Phi) is 6.47. The Bertz CT molecular complexity index is 854. The van der Waals surface area contributed by atoms with E-state index in [1.807, 2.05) is 25.1 Å². The van der Waals surface area contributed by atoms with E-state index in [0.717, 1.165) is 5.56 Å². The fourth-order valence-electron chi connectivity index (χ4n) is 2.84. The molecule has 3 rings (SSSR count). The maximum Gasteiger partial charge on any atom is 0.387 e. The van der Waals surface area contributed by atoms with Crippen LogP contribution in [0.15, 0.2) is 48.5 Å². The minimum absolute atomic E-state index is 0.0245. The summed E-state index contributed by atoms with van der Waals surface area (Å²) >= 11 is 0. The first-order valence-electron chi connectivity index (χ1n) is 8.96. The van der Waals surface area contributed by atoms with Gasteiger partial charge in [-0.15, -0.1) is 0 Å². The van der Waals surface area contributed by atoms with Crippen molar-refractivity contribution in [3.05, 3.63) is 59.7 Å². The first-order chi connectivity index (χ1) is 13.6. The van der Waals surface area contributed by atoms with Gasteiger partial charge in [-0.05, 0) is 36.8 Å². The molecule has 28 heavy (non-hydrogen) atoms. The minimum atomic E-state index is -2.92. The molecule has 0 aliphatic carbocycles. The van der Waals surface area contributed by atoms with E-state index in [9.17, 15) is 13.6 Å². The van der Waals surface area contributed by atoms with Crippen LogP contribution in [0.4, 0.5) is 8.78 Å². The van der Waals surface area contributed by atoms with E-state index in [2.05, 4.69) is 4.74 Å². The summed E-state index contributed by atoms with van der Waals surface area (Å²) in [6, 6.07) is 11.9. The van der Waals surface area contributed by atoms with Gasteiger partial charge in [0, 0.05) is 24.7 Å². The quantitative estimate of drug-likeness (QED) is 0.669. The molecule has 148 valence electrons. The van der Waals surface area contributed by atoms with Crippen LogP contribution in [0.3, 0.4) is 0 Å². The van der Waals surface area contributed by atoms with Gasteiger partial charge in [0.2, 0.25) is 5.91 Å². The van der Waals surface area contributed by atoms with Crippen LogP contribution in [0.25, 0.3) is 6.08 Å². The second-order valence-corrected chi connectivity index (χ2v) is 6.08. The number of hydrogen-bond donors (Lipinski definition) is 0. The summed E-state index contributed by atoms with van der Waals surface area (Å²) in [5.41, 5.74) is 1.32. The standard InChI is InChI=1S/C21H21F2NO4/c1-2-24(14-15-7-9-18-19(13-15)27-12-11-26-18)20(25)10-8-16-5-3-4-6-17(16)28-21(22)23/h3-10,13,21H,2,11-12,14H2,1H3/b10-8+. The molecule has 2 aromatic carbocycles. The lowest BCUT2D eigenvalue weighted by atomic mass is 10.1. The van der Waals surface area contributed by atoms with Gasteiger partial charge >= 0.3 is 6.61 Å². The number of halogens is 2. The van der Waals surface area contributed by atoms with E-state index in [1.165, 1.54) is 18.2 Å². The van der Waals surface area contributed by atoms with E-state index in [1.54, 1.807) is 23.1 Å². The predicted molar refractivity (Wildman–Crippen MR) is 101 cm³/mol. The molecule has 0 N–H and O–H groups in total. The Labute approximate surface area is 162 Å². The molecule has 2 aromatic rings. The molecule has 1 aliphatic rings. The van der Waals surface area contributed by atoms with E-state index in [-0.39, 0.29) is 11.7 Å². The summed E-state index contributed by atoms with van der Waals surface area (Å²) in [5.74, 6) is 1.15. The average molecular weight is 389 g/mol. The summed E-state index contributed by atoms with van der Waals surface area (Å²) < 4.78 is 40.6. The van der Waals surface area contributed by atoms with Gasteiger partial charge in [-0.1, -0.05) is 24.3 Å². The number of fused-ring (bicyclic) bond motifs is 1. The number of likely N-dealkylation sites (N-methyl/N-ethyl adjacent to an activating group) is 1. The maximum atomic E-state index is 12.6. The molecule has 0 saturated heterocycles. The number of alkyl halides is 2. The van der Waals surface area contributed by atoms with Crippen LogP contribution in [0, 0.1) is 0 Å². The first-order valence-corrected chi connectivity index (χ1v) is 8.96. The van der Waals surface area contributed by atoms with Gasteiger partial charge in [0.15, 0.2) is 11.5 Å². The van der Waals surface area contributed by atoms with Crippen LogP contribution in [0.5, 0.6) is 17.2 Å². The molecule has 0 aromatic heterocycles. The fourth-order valence-corrected chi connectivity index (χ4v) is 2.84. The molecule has 0 radical (unpaired) electrons. The number of hydrogen-bond acceptors (Lipinski definition) is 4. The summed E-state index contributed by atoms with van der Waals surface area (Å²) in [6.45, 7) is 0.853. The van der Waals surface area contributed by atoms with Crippen molar-refractivity contribution in [3.8, 4) is 17.2 Å². The smallest absolute Gasteiger partial charge is 0.387 e. The zero-order chi connectivity index (χ0) is 19.9. The van der Waals surface area contributed by atoms with Crippen LogP contribution >= 0.6 is 0 Å². The van der Waals surface area contributed by atoms with Gasteiger partial charge in [-0.3, -0.25) is 4.79 Å². The SMILES string of the molecule is CCN(Cc1ccc2c(c1)OCCO2)C(=O)/C=C/c1ccccc1OC(F)F. The molecular weight excluding hydrogens is 368 g/mol. The minimum Gasteiger partial charge on any atom is -0.486 e. The topological polar surface area (TPSA) is 48.0 Å². The second kappa shape index (κ2) is 9.21. The van der Waals surface area contributed by atoms with Gasteiger partial charge in [0.05, 0.1) is 0 Å². The van der Waals surface area contributed by atoms with Gasteiger partial charge in [-0.25, -0.2) is 0 Å². The van der Waals surface area contributed by atoms with Crippen LogP contribution < -0.4 is 14.2 Å². The largest absolute Gasteiger partial charge is 0.486 e. The van der Waals surface area contributed by atoms with Crippen molar-refractivity contribution in [3.63, 3.8) is 0 Å². The Hall–Kier alpha value is -3.09. The number of rotatable bonds is 7. The first kappa shape index (κ1) is 19.7. The third-order valence-corrected chi connectivity index (χ3v) is 4.21. The van der Waals surface area contributed by atoms with Crippen LogP contribution in [0.1, 0.15) is 18.1 Å². The number of ether oxygens (including phenoxy) is 3. The zero-order valence-electron chi connectivity index (χ0n) is 15.4. The van der Waals surface area contributed by atoms with E-state index in [4.69, 9.17) is 9.47 Å². The molecule has 5 nitrogen and oxygen atoms in total. The average Bonchev–Trinajstić information content (AvgIpc) is 2.70. The second-order valence-electron chi connectivity index (χ2n) is 6.08. The number of amides is 1. The number of carbonyl (C=O) groups is 1. The third kappa shape index (κ3) is 5.00. The Morgan fingerprint density at radius 2 is 1.93 bits per heavy atom. The molecular formula is C21H21F2NO4. The summed E-state index contributed by atoms with van der Waals surface area (Å²) in [7, 11) is 0. The van der Waals surface area contributed by atoms with Crippen molar-refractivity contribution in [2.45, 2.75) is 20.1 Å². The van der Waals surface area contributed by atoms with Crippen LogP contribution in [-0.2, 0) is 11.3 Å². The highest BCUT2D eigenvalue weighted by Crippen LogP contribution is 2.31. The molecule has 1 heterocycles. The molecule has 0 fully saturated rings. The highest BCUT2D eigenvalue weighted by Gasteiger charge is 2.15. The Balaban J connectivity index is 1.69. The van der Waals surface area contributed by atoms with Crippen molar-refractivity contribution >= 4 is 12.0 Å². The molecule has 0 spiro atoms. The third-order valence-electron chi connectivity index (χ3n) is 4.21. The summed E-state index contributed by atoms with van der Waals surface area (Å²) in [4.78, 5) is 14.2. The van der Waals surface area contributed by atoms with Crippen LogP contribution in [-0.4, -0.2) is 37.2 Å². The molecule has 0 unspecified atom stereocenters. The molecule has 1 amide bonds. The Morgan fingerprint density at radius 3 is 2.68 bits per heavy atom. The van der Waals surface area contributed by atoms with Crippen molar-refractivity contribution in [1.82, 2.24) is 4.90 Å². The van der Waals surface area contributed by atoms with Crippen LogP contribution in [0.2, 0.25) is 0 Å². The van der Waals surface area contributed by atoms with Gasteiger partial charge < -0.3 is 19.1 Å². The molecule has 0 saturated carbocycles. The van der Waals surface area contributed by atoms with E-state index in [0.29, 0.717) is 43.4 Å². The summed E-state index contributed by atoms with van der Waals surface area (Å²) in [5, 5.41) is 0. The van der Waals surface area contributed by atoms with Gasteiger partial charge in [-0.2, -0.15) is 8.78 Å². The molecule has 0 atom stereocenters. The fraction of sp³-hybridized carbons (Fsp3) is 0.286. The normalized spacial score (nSPS) is 13.0. The van der Waals surface area contributed by atoms with E-state index < -0.39 is 6.61 Å². The number of nitrogens with zero attached hydrogens (tertiary/aromatic N) is 1. The number of benzene rings is 2. The van der Waals surface area contributed by atoms with Crippen molar-refractivity contribution in [1.29, 1.82) is 0 Å². The lowest BCUT2D eigenvalue weighted by Crippen LogP contribution is -2.28. The Morgan fingerprint density at radius 1 is 1.18 bits per heavy atom. The van der Waals surface area contributed by atoms with Crippen molar-refractivity contribution < 1.29 is 27.8 Å². The molecule has 7 heteroatoms. The lowest BCUT2D eigenvalue weighted by molar-refractivity contribution is -0.126. The highest BCUT2D eigenvalue weighted by molar-refractivity contribution is 5.92. The van der Waals surface area contributed by atoms with Crippen molar-refractivity contribution in [2.75, 3.05) is 19.8 Å². The summed E-state index contributed by atoms with van der Waals surface area (Å²) in [6.07, 6.45) is 2.84. The van der Waals surface area contributed by atoms with Gasteiger partial charge in [0.25, 0.3) is 0 Å². The monoisotopic (exact) mass is 389 g/mol. The van der Waals surface area contributed by atoms with Gasteiger partial charge in [0.1, 0.15) is 19.0 Å².